The number of amides is 3. The topological polar surface area (TPSA) is 80.1 Å². The monoisotopic (exact) mass is 510 g/mol. The Balaban J connectivity index is 1.47. The Kier molecular flexibility index (Phi) is 6.33. The third kappa shape index (κ3) is 4.49. The Morgan fingerprint density at radius 3 is 2.70 bits per heavy atom. The first-order valence-electron chi connectivity index (χ1n) is 9.08. The quantitative estimate of drug-likeness (QED) is 0.571. The zero-order valence-corrected chi connectivity index (χ0v) is 18.8. The highest BCUT2D eigenvalue weighted by Gasteiger charge is 2.37. The number of carbonyl (C=O) groups excluding carboxylic acids is 3. The summed E-state index contributed by atoms with van der Waals surface area (Å²) >= 11 is 10.3. The molecule has 1 aromatic heterocycles. The van der Waals surface area contributed by atoms with Crippen LogP contribution in [0.25, 0.3) is 17.4 Å². The Hall–Kier alpha value is -2.07. The standard InChI is InChI=1S/C20H16BrClN2O5S/c21-14-3-1-12(9-15(14)22)16-4-2-13(29-16)10-17-19(26)24(20(27)30-17)11-18(25)23-5-7-28-8-6-23/h1-4,9-10H,5-8,11H2/b17-10+. The predicted molar refractivity (Wildman–Crippen MR) is 117 cm³/mol. The van der Waals surface area contributed by atoms with Crippen molar-refractivity contribution in [3.63, 3.8) is 0 Å². The summed E-state index contributed by atoms with van der Waals surface area (Å²) in [6.45, 7) is 1.55. The molecule has 0 radical (unpaired) electrons. The fourth-order valence-electron chi connectivity index (χ4n) is 3.05. The number of thioether (sulfide) groups is 1. The van der Waals surface area contributed by atoms with E-state index in [0.717, 1.165) is 26.7 Å². The van der Waals surface area contributed by atoms with Crippen LogP contribution in [0.2, 0.25) is 5.02 Å². The van der Waals surface area contributed by atoms with Crippen LogP contribution in [-0.2, 0) is 14.3 Å². The molecule has 0 N–H and O–H groups in total. The molecule has 0 saturated carbocycles. The second-order valence-electron chi connectivity index (χ2n) is 6.59. The number of hydrogen-bond donors (Lipinski definition) is 0. The summed E-state index contributed by atoms with van der Waals surface area (Å²) in [6.07, 6.45) is 1.51. The number of rotatable bonds is 4. The van der Waals surface area contributed by atoms with Crippen molar-refractivity contribution >= 4 is 62.4 Å². The summed E-state index contributed by atoms with van der Waals surface area (Å²) < 4.78 is 11.8. The van der Waals surface area contributed by atoms with E-state index in [-0.39, 0.29) is 17.4 Å². The van der Waals surface area contributed by atoms with Crippen LogP contribution < -0.4 is 0 Å². The number of ether oxygens (including phenoxy) is 1. The van der Waals surface area contributed by atoms with E-state index in [4.69, 9.17) is 20.8 Å². The van der Waals surface area contributed by atoms with E-state index < -0.39 is 11.1 Å². The number of halogens is 2. The van der Waals surface area contributed by atoms with E-state index in [1.54, 1.807) is 23.1 Å². The predicted octanol–water partition coefficient (Wildman–Crippen LogP) is 4.26. The molecule has 7 nitrogen and oxygen atoms in total. The molecule has 4 rings (SSSR count). The van der Waals surface area contributed by atoms with Gasteiger partial charge in [-0.15, -0.1) is 0 Å². The molecule has 2 aromatic rings. The molecule has 0 aliphatic carbocycles. The number of imide groups is 1. The Morgan fingerprint density at radius 2 is 1.97 bits per heavy atom. The van der Waals surface area contributed by atoms with Gasteiger partial charge in [0.1, 0.15) is 18.1 Å². The van der Waals surface area contributed by atoms with Gasteiger partial charge < -0.3 is 14.1 Å². The van der Waals surface area contributed by atoms with Crippen LogP contribution in [0.4, 0.5) is 4.79 Å². The van der Waals surface area contributed by atoms with E-state index in [0.29, 0.717) is 42.8 Å². The molecular formula is C20H16BrClN2O5S. The highest BCUT2D eigenvalue weighted by Crippen LogP contribution is 2.34. The van der Waals surface area contributed by atoms with Crippen molar-refractivity contribution in [1.29, 1.82) is 0 Å². The summed E-state index contributed by atoms with van der Waals surface area (Å²) in [5.41, 5.74) is 0.784. The number of hydrogen-bond acceptors (Lipinski definition) is 6. The van der Waals surface area contributed by atoms with Gasteiger partial charge in [0.2, 0.25) is 5.91 Å². The summed E-state index contributed by atoms with van der Waals surface area (Å²) in [4.78, 5) is 40.1. The van der Waals surface area contributed by atoms with E-state index in [2.05, 4.69) is 15.9 Å². The van der Waals surface area contributed by atoms with Gasteiger partial charge >= 0.3 is 0 Å². The summed E-state index contributed by atoms with van der Waals surface area (Å²) in [5.74, 6) is 0.233. The van der Waals surface area contributed by atoms with Gasteiger partial charge in [-0.3, -0.25) is 19.3 Å². The maximum atomic E-state index is 12.7. The average molecular weight is 512 g/mol. The molecule has 0 unspecified atom stereocenters. The third-order valence-corrected chi connectivity index (χ3v) is 6.77. The van der Waals surface area contributed by atoms with Crippen molar-refractivity contribution < 1.29 is 23.5 Å². The van der Waals surface area contributed by atoms with Crippen molar-refractivity contribution in [2.45, 2.75) is 0 Å². The van der Waals surface area contributed by atoms with Gasteiger partial charge in [0, 0.05) is 29.2 Å². The van der Waals surface area contributed by atoms with Crippen LogP contribution in [-0.4, -0.2) is 59.7 Å². The van der Waals surface area contributed by atoms with Crippen LogP contribution in [0.1, 0.15) is 5.76 Å². The molecular weight excluding hydrogens is 496 g/mol. The Bertz CT molecular complexity index is 1050. The van der Waals surface area contributed by atoms with Gasteiger partial charge in [0.25, 0.3) is 11.1 Å². The molecule has 0 bridgehead atoms. The second-order valence-corrected chi connectivity index (χ2v) is 8.85. The van der Waals surface area contributed by atoms with Gasteiger partial charge in [-0.25, -0.2) is 0 Å². The molecule has 30 heavy (non-hydrogen) atoms. The van der Waals surface area contributed by atoms with Gasteiger partial charge in [-0.05, 0) is 52.0 Å². The fourth-order valence-corrected chi connectivity index (χ4v) is 4.29. The van der Waals surface area contributed by atoms with Crippen molar-refractivity contribution in [3.8, 4) is 11.3 Å². The smallest absolute Gasteiger partial charge is 0.294 e. The van der Waals surface area contributed by atoms with Crippen LogP contribution in [0.3, 0.4) is 0 Å². The molecule has 2 saturated heterocycles. The Morgan fingerprint density at radius 1 is 1.20 bits per heavy atom. The van der Waals surface area contributed by atoms with Gasteiger partial charge in [-0.2, -0.15) is 0 Å². The van der Waals surface area contributed by atoms with Gasteiger partial charge in [-0.1, -0.05) is 17.7 Å². The Labute approximate surface area is 190 Å². The maximum absolute atomic E-state index is 12.7. The summed E-state index contributed by atoms with van der Waals surface area (Å²) in [7, 11) is 0. The van der Waals surface area contributed by atoms with Crippen LogP contribution in [0, 0.1) is 0 Å². The molecule has 1 aromatic carbocycles. The minimum Gasteiger partial charge on any atom is -0.457 e. The van der Waals surface area contributed by atoms with Crippen molar-refractivity contribution in [2.24, 2.45) is 0 Å². The van der Waals surface area contributed by atoms with Crippen molar-refractivity contribution in [3.05, 3.63) is 50.5 Å². The first-order valence-corrected chi connectivity index (χ1v) is 11.1. The lowest BCUT2D eigenvalue weighted by molar-refractivity contribution is -0.139. The second kappa shape index (κ2) is 8.97. The number of morpholine rings is 1. The molecule has 3 heterocycles. The largest absolute Gasteiger partial charge is 0.457 e. The van der Waals surface area contributed by atoms with Crippen molar-refractivity contribution in [1.82, 2.24) is 9.80 Å². The normalized spacial score (nSPS) is 18.5. The molecule has 2 fully saturated rings. The van der Waals surface area contributed by atoms with Crippen LogP contribution in [0.15, 0.2) is 44.1 Å². The third-order valence-electron chi connectivity index (χ3n) is 4.64. The van der Waals surface area contributed by atoms with Crippen LogP contribution in [0.5, 0.6) is 0 Å². The molecule has 2 aliphatic rings. The number of furan rings is 1. The fraction of sp³-hybridized carbons (Fsp3) is 0.250. The van der Waals surface area contributed by atoms with Gasteiger partial charge in [0.05, 0.1) is 23.1 Å². The maximum Gasteiger partial charge on any atom is 0.294 e. The summed E-state index contributed by atoms with van der Waals surface area (Å²) in [5, 5.41) is 0.0795. The first-order chi connectivity index (χ1) is 14.4. The molecule has 156 valence electrons. The average Bonchev–Trinajstić information content (AvgIpc) is 3.31. The van der Waals surface area contributed by atoms with E-state index >= 15 is 0 Å². The minimum atomic E-state index is -0.503. The lowest BCUT2D eigenvalue weighted by Crippen LogP contribution is -2.46. The molecule has 10 heteroatoms. The number of carbonyl (C=O) groups is 3. The van der Waals surface area contributed by atoms with Gasteiger partial charge in [0.15, 0.2) is 0 Å². The lowest BCUT2D eigenvalue weighted by atomic mass is 10.2. The lowest BCUT2D eigenvalue weighted by Gasteiger charge is -2.27. The molecule has 0 spiro atoms. The van der Waals surface area contributed by atoms with E-state index in [9.17, 15) is 14.4 Å². The zero-order valence-electron chi connectivity index (χ0n) is 15.6. The number of nitrogens with zero attached hydrogens (tertiary/aromatic N) is 2. The number of benzene rings is 1. The highest BCUT2D eigenvalue weighted by atomic mass is 79.9. The first kappa shape index (κ1) is 21.2. The highest BCUT2D eigenvalue weighted by molar-refractivity contribution is 9.10. The van der Waals surface area contributed by atoms with Crippen molar-refractivity contribution in [2.75, 3.05) is 32.8 Å². The van der Waals surface area contributed by atoms with E-state index in [1.165, 1.54) is 6.08 Å². The summed E-state index contributed by atoms with van der Waals surface area (Å²) in [6, 6.07) is 8.90. The minimum absolute atomic E-state index is 0.213. The van der Waals surface area contributed by atoms with E-state index in [1.807, 2.05) is 12.1 Å². The molecule has 2 aliphatic heterocycles. The molecule has 3 amide bonds. The SMILES string of the molecule is O=C(CN1C(=O)S/C(=C/c2ccc(-c3ccc(Br)c(Cl)c3)o2)C1=O)N1CCOCC1. The zero-order chi connectivity index (χ0) is 21.3. The molecule has 0 atom stereocenters. The van der Waals surface area contributed by atoms with Crippen LogP contribution >= 0.6 is 39.3 Å².